The van der Waals surface area contributed by atoms with Crippen LogP contribution in [-0.4, -0.2) is 53.1 Å². The summed E-state index contributed by atoms with van der Waals surface area (Å²) in [6, 6.07) is 26.9. The summed E-state index contributed by atoms with van der Waals surface area (Å²) in [6.45, 7) is 6.76. The molecule has 3 aromatic carbocycles. The van der Waals surface area contributed by atoms with Crippen molar-refractivity contribution >= 4 is 23.8 Å². The molecule has 0 N–H and O–H groups in total. The lowest BCUT2D eigenvalue weighted by Crippen LogP contribution is -2.58. The van der Waals surface area contributed by atoms with Crippen molar-refractivity contribution in [1.29, 1.82) is 5.26 Å². The van der Waals surface area contributed by atoms with Crippen molar-refractivity contribution in [2.24, 2.45) is 0 Å². The molecule has 190 valence electrons. The van der Waals surface area contributed by atoms with E-state index in [1.54, 1.807) is 11.0 Å². The molecule has 0 spiro atoms. The number of carbonyl (C=O) groups is 2. The third kappa shape index (κ3) is 6.72. The van der Waals surface area contributed by atoms with Crippen LogP contribution in [0.4, 0.5) is 4.79 Å². The number of rotatable bonds is 5. The Balaban J connectivity index is 1.61. The van der Waals surface area contributed by atoms with Crippen molar-refractivity contribution in [2.45, 2.75) is 48.6 Å². The monoisotopic (exact) mass is 513 g/mol. The molecular formula is C30H31N3O3S. The molecule has 37 heavy (non-hydrogen) atoms. The Hall–Kier alpha value is -3.76. The van der Waals surface area contributed by atoms with Crippen LogP contribution < -0.4 is 0 Å². The average Bonchev–Trinajstić information content (AvgIpc) is 2.88. The molecule has 4 rings (SSSR count). The molecule has 1 heterocycles. The molecule has 1 saturated heterocycles. The van der Waals surface area contributed by atoms with Gasteiger partial charge < -0.3 is 14.5 Å². The summed E-state index contributed by atoms with van der Waals surface area (Å²) < 4.78 is 5.62. The summed E-state index contributed by atoms with van der Waals surface area (Å²) in [5, 5.41) is 9.51. The Morgan fingerprint density at radius 2 is 1.59 bits per heavy atom. The van der Waals surface area contributed by atoms with E-state index in [4.69, 9.17) is 4.74 Å². The molecule has 7 heteroatoms. The fourth-order valence-electron chi connectivity index (χ4n) is 4.33. The molecule has 1 fully saturated rings. The molecule has 0 saturated carbocycles. The van der Waals surface area contributed by atoms with Gasteiger partial charge in [-0.05, 0) is 57.0 Å². The fraction of sp³-hybridized carbons (Fsp3) is 0.300. The predicted molar refractivity (Wildman–Crippen MR) is 144 cm³/mol. The van der Waals surface area contributed by atoms with Gasteiger partial charge in [0.2, 0.25) is 0 Å². The normalized spacial score (nSPS) is 15.7. The van der Waals surface area contributed by atoms with Crippen LogP contribution in [0, 0.1) is 11.3 Å². The minimum absolute atomic E-state index is 0.0812. The summed E-state index contributed by atoms with van der Waals surface area (Å²) in [6.07, 6.45) is 0.264. The lowest BCUT2D eigenvalue weighted by Gasteiger charge is -2.42. The van der Waals surface area contributed by atoms with E-state index in [9.17, 15) is 14.9 Å². The van der Waals surface area contributed by atoms with Crippen molar-refractivity contribution in [3.05, 3.63) is 95.6 Å². The van der Waals surface area contributed by atoms with Gasteiger partial charge in [-0.25, -0.2) is 4.79 Å². The summed E-state index contributed by atoms with van der Waals surface area (Å²) in [4.78, 5) is 32.0. The first-order valence-electron chi connectivity index (χ1n) is 12.3. The topological polar surface area (TPSA) is 73.6 Å². The Labute approximate surface area is 222 Å². The van der Waals surface area contributed by atoms with Crippen LogP contribution in [-0.2, 0) is 11.2 Å². The van der Waals surface area contributed by atoms with Crippen LogP contribution >= 0.6 is 11.8 Å². The van der Waals surface area contributed by atoms with Crippen LogP contribution in [0.5, 0.6) is 0 Å². The number of nitrogens with zero attached hydrogens (tertiary/aromatic N) is 3. The largest absolute Gasteiger partial charge is 0.444 e. The fourth-order valence-corrected chi connectivity index (χ4v) is 5.35. The second-order valence-corrected chi connectivity index (χ2v) is 11.1. The highest BCUT2D eigenvalue weighted by molar-refractivity contribution is 7.99. The van der Waals surface area contributed by atoms with E-state index in [1.807, 2.05) is 98.5 Å². The molecular weight excluding hydrogens is 482 g/mol. The number of hydrogen-bond donors (Lipinski definition) is 0. The van der Waals surface area contributed by atoms with Crippen molar-refractivity contribution in [2.75, 3.05) is 19.6 Å². The van der Waals surface area contributed by atoms with E-state index in [-0.39, 0.29) is 18.0 Å². The van der Waals surface area contributed by atoms with Crippen molar-refractivity contribution in [1.82, 2.24) is 9.80 Å². The SMILES string of the molecule is CC(C)(C)OC(=O)N1CCN(C(=O)c2ccccc2Sc2ccccc2C#N)C(Cc2ccccc2)C1. The highest BCUT2D eigenvalue weighted by Crippen LogP contribution is 2.34. The molecule has 0 bridgehead atoms. The van der Waals surface area contributed by atoms with E-state index in [2.05, 4.69) is 6.07 Å². The minimum atomic E-state index is -0.588. The van der Waals surface area contributed by atoms with E-state index in [1.165, 1.54) is 11.8 Å². The highest BCUT2D eigenvalue weighted by atomic mass is 32.2. The standard InChI is InChI=1S/C30H31N3O3S/c1-30(2,3)36-29(35)32-17-18-33(24(21-32)19-22-11-5-4-6-12-22)28(34)25-14-8-10-16-27(25)37-26-15-9-7-13-23(26)20-31/h4-16,24H,17-19,21H2,1-3H3. The average molecular weight is 514 g/mol. The first kappa shape index (κ1) is 26.3. The molecule has 2 amide bonds. The maximum Gasteiger partial charge on any atom is 0.410 e. The summed E-state index contributed by atoms with van der Waals surface area (Å²) in [7, 11) is 0. The number of hydrogen-bond acceptors (Lipinski definition) is 5. The van der Waals surface area contributed by atoms with Gasteiger partial charge in [-0.1, -0.05) is 66.4 Å². The molecule has 1 aliphatic rings. The number of piperazine rings is 1. The highest BCUT2D eigenvalue weighted by Gasteiger charge is 2.35. The van der Waals surface area contributed by atoms with Crippen molar-refractivity contribution < 1.29 is 14.3 Å². The van der Waals surface area contributed by atoms with E-state index >= 15 is 0 Å². The number of nitriles is 1. The molecule has 0 radical (unpaired) electrons. The Bertz CT molecular complexity index is 1300. The van der Waals surface area contributed by atoms with E-state index < -0.39 is 5.60 Å². The lowest BCUT2D eigenvalue weighted by atomic mass is 10.0. The molecule has 6 nitrogen and oxygen atoms in total. The number of carbonyl (C=O) groups excluding carboxylic acids is 2. The number of amides is 2. The second-order valence-electron chi connectivity index (χ2n) is 9.97. The Kier molecular flexibility index (Phi) is 8.20. The first-order valence-corrected chi connectivity index (χ1v) is 13.2. The summed E-state index contributed by atoms with van der Waals surface area (Å²) in [5.41, 5.74) is 1.67. The van der Waals surface area contributed by atoms with Gasteiger partial charge in [0.15, 0.2) is 0 Å². The molecule has 1 aliphatic heterocycles. The first-order chi connectivity index (χ1) is 17.7. The number of benzene rings is 3. The van der Waals surface area contributed by atoms with Gasteiger partial charge in [0.1, 0.15) is 11.7 Å². The van der Waals surface area contributed by atoms with Crippen LogP contribution in [0.1, 0.15) is 42.3 Å². The zero-order valence-corrected chi connectivity index (χ0v) is 22.2. The van der Waals surface area contributed by atoms with Crippen molar-refractivity contribution in [3.63, 3.8) is 0 Å². The Morgan fingerprint density at radius 3 is 2.30 bits per heavy atom. The zero-order chi connectivity index (χ0) is 26.4. The molecule has 1 unspecified atom stereocenters. The van der Waals surface area contributed by atoms with Gasteiger partial charge in [-0.3, -0.25) is 4.79 Å². The van der Waals surface area contributed by atoms with Crippen LogP contribution in [0.2, 0.25) is 0 Å². The zero-order valence-electron chi connectivity index (χ0n) is 21.4. The maximum atomic E-state index is 14.0. The van der Waals surface area contributed by atoms with Gasteiger partial charge in [-0.15, -0.1) is 0 Å². The number of ether oxygens (including phenoxy) is 1. The lowest BCUT2D eigenvalue weighted by molar-refractivity contribution is 0.00431. The summed E-state index contributed by atoms with van der Waals surface area (Å²) in [5.74, 6) is -0.0812. The van der Waals surface area contributed by atoms with Gasteiger partial charge >= 0.3 is 6.09 Å². The van der Waals surface area contributed by atoms with Gasteiger partial charge in [0, 0.05) is 29.4 Å². The third-order valence-electron chi connectivity index (χ3n) is 6.05. The van der Waals surface area contributed by atoms with Crippen LogP contribution in [0.15, 0.2) is 88.7 Å². The minimum Gasteiger partial charge on any atom is -0.444 e. The quantitative estimate of drug-likeness (QED) is 0.418. The molecule has 3 aromatic rings. The van der Waals surface area contributed by atoms with Crippen molar-refractivity contribution in [3.8, 4) is 6.07 Å². The smallest absolute Gasteiger partial charge is 0.410 e. The maximum absolute atomic E-state index is 14.0. The van der Waals surface area contributed by atoms with Gasteiger partial charge in [0.25, 0.3) is 5.91 Å². The van der Waals surface area contributed by atoms with Crippen LogP contribution in [0.3, 0.4) is 0 Å². The molecule has 0 aromatic heterocycles. The predicted octanol–water partition coefficient (Wildman–Crippen LogP) is 6.01. The van der Waals surface area contributed by atoms with Gasteiger partial charge in [0.05, 0.1) is 17.2 Å². The van der Waals surface area contributed by atoms with Gasteiger partial charge in [-0.2, -0.15) is 5.26 Å². The third-order valence-corrected chi connectivity index (χ3v) is 7.21. The molecule has 1 atom stereocenters. The van der Waals surface area contributed by atoms with Crippen LogP contribution in [0.25, 0.3) is 0 Å². The Morgan fingerprint density at radius 1 is 0.946 bits per heavy atom. The van der Waals surface area contributed by atoms with E-state index in [0.717, 1.165) is 15.4 Å². The summed E-state index contributed by atoms with van der Waals surface area (Å²) >= 11 is 1.42. The molecule has 0 aliphatic carbocycles. The van der Waals surface area contributed by atoms with E-state index in [0.29, 0.717) is 37.2 Å². The second kappa shape index (κ2) is 11.5.